The standard InChI is InChI=1S/C16H23NO4/c1-3-17-8-7-12(10-17)15(16(18)19)11-21-14-6-4-5-13(9-14)20-2/h4-6,9,12,15H,3,7-8,10-11H2,1-2H3,(H,18,19). The zero-order valence-corrected chi connectivity index (χ0v) is 12.6. The molecule has 0 saturated carbocycles. The molecule has 0 aliphatic carbocycles. The summed E-state index contributed by atoms with van der Waals surface area (Å²) in [5.74, 6) is 0.269. The summed E-state index contributed by atoms with van der Waals surface area (Å²) in [6.45, 7) is 5.09. The van der Waals surface area contributed by atoms with E-state index >= 15 is 0 Å². The van der Waals surface area contributed by atoms with Gasteiger partial charge in [0, 0.05) is 12.6 Å². The maximum Gasteiger partial charge on any atom is 0.310 e. The number of rotatable bonds is 7. The number of methoxy groups -OCH3 is 1. The van der Waals surface area contributed by atoms with Gasteiger partial charge in [-0.2, -0.15) is 0 Å². The highest BCUT2D eigenvalue weighted by Crippen LogP contribution is 2.26. The molecule has 2 unspecified atom stereocenters. The number of carboxylic acid groups (broad SMARTS) is 1. The number of carboxylic acids is 1. The summed E-state index contributed by atoms with van der Waals surface area (Å²) in [6.07, 6.45) is 0.923. The molecule has 0 bridgehead atoms. The third kappa shape index (κ3) is 4.11. The Bertz CT molecular complexity index is 477. The van der Waals surface area contributed by atoms with Crippen LogP contribution in [0.15, 0.2) is 24.3 Å². The quantitative estimate of drug-likeness (QED) is 0.834. The minimum absolute atomic E-state index is 0.160. The van der Waals surface area contributed by atoms with Crippen molar-refractivity contribution in [1.82, 2.24) is 4.90 Å². The molecule has 5 heteroatoms. The Hall–Kier alpha value is -1.75. The van der Waals surface area contributed by atoms with Crippen molar-refractivity contribution in [3.05, 3.63) is 24.3 Å². The summed E-state index contributed by atoms with van der Waals surface area (Å²) in [5.41, 5.74) is 0. The lowest BCUT2D eigenvalue weighted by Gasteiger charge is -2.20. The number of likely N-dealkylation sites (tertiary alicyclic amines) is 1. The molecule has 1 heterocycles. The van der Waals surface area contributed by atoms with Gasteiger partial charge in [-0.25, -0.2) is 0 Å². The second kappa shape index (κ2) is 7.31. The highest BCUT2D eigenvalue weighted by atomic mass is 16.5. The van der Waals surface area contributed by atoms with Gasteiger partial charge >= 0.3 is 5.97 Å². The second-order valence-electron chi connectivity index (χ2n) is 5.38. The lowest BCUT2D eigenvalue weighted by atomic mass is 9.92. The van der Waals surface area contributed by atoms with Gasteiger partial charge in [-0.1, -0.05) is 13.0 Å². The van der Waals surface area contributed by atoms with E-state index in [1.165, 1.54) is 0 Å². The van der Waals surface area contributed by atoms with Crippen LogP contribution in [0.25, 0.3) is 0 Å². The first kappa shape index (κ1) is 15.6. The van der Waals surface area contributed by atoms with Crippen molar-refractivity contribution in [2.45, 2.75) is 13.3 Å². The molecule has 21 heavy (non-hydrogen) atoms. The molecule has 1 N–H and O–H groups in total. The van der Waals surface area contributed by atoms with Gasteiger partial charge in [-0.3, -0.25) is 4.79 Å². The maximum absolute atomic E-state index is 11.5. The topological polar surface area (TPSA) is 59.0 Å². The van der Waals surface area contributed by atoms with Crippen molar-refractivity contribution < 1.29 is 19.4 Å². The average Bonchev–Trinajstić information content (AvgIpc) is 2.96. The van der Waals surface area contributed by atoms with E-state index in [-0.39, 0.29) is 12.5 Å². The first-order valence-electron chi connectivity index (χ1n) is 7.36. The van der Waals surface area contributed by atoms with Crippen molar-refractivity contribution >= 4 is 5.97 Å². The lowest BCUT2D eigenvalue weighted by Crippen LogP contribution is -2.31. The third-order valence-corrected chi connectivity index (χ3v) is 4.11. The molecule has 1 aliphatic rings. The maximum atomic E-state index is 11.5. The normalized spacial score (nSPS) is 20.2. The predicted molar refractivity (Wildman–Crippen MR) is 79.8 cm³/mol. The summed E-state index contributed by atoms with van der Waals surface area (Å²) < 4.78 is 10.8. The van der Waals surface area contributed by atoms with Gasteiger partial charge in [0.1, 0.15) is 18.1 Å². The Balaban J connectivity index is 1.95. The fraction of sp³-hybridized carbons (Fsp3) is 0.562. The van der Waals surface area contributed by atoms with E-state index in [1.807, 2.05) is 18.2 Å². The Morgan fingerprint density at radius 2 is 2.24 bits per heavy atom. The highest BCUT2D eigenvalue weighted by molar-refractivity contribution is 5.70. The van der Waals surface area contributed by atoms with E-state index in [4.69, 9.17) is 9.47 Å². The minimum Gasteiger partial charge on any atom is -0.497 e. The number of benzene rings is 1. The molecule has 1 aliphatic heterocycles. The summed E-state index contributed by atoms with van der Waals surface area (Å²) in [6, 6.07) is 7.25. The lowest BCUT2D eigenvalue weighted by molar-refractivity contribution is -0.144. The molecule has 0 amide bonds. The van der Waals surface area contributed by atoms with E-state index in [0.29, 0.717) is 11.5 Å². The SMILES string of the molecule is CCN1CCC(C(COc2cccc(OC)c2)C(=O)O)C1. The predicted octanol–water partition coefficient (Wildman–Crippen LogP) is 2.12. The summed E-state index contributed by atoms with van der Waals surface area (Å²) in [5, 5.41) is 9.45. The van der Waals surface area contributed by atoms with Gasteiger partial charge in [0.25, 0.3) is 0 Å². The van der Waals surface area contributed by atoms with Crippen molar-refractivity contribution in [3.8, 4) is 11.5 Å². The Morgan fingerprint density at radius 3 is 2.86 bits per heavy atom. The molecule has 0 aromatic heterocycles. The van der Waals surface area contributed by atoms with Crippen molar-refractivity contribution in [1.29, 1.82) is 0 Å². The summed E-state index contributed by atoms with van der Waals surface area (Å²) >= 11 is 0. The van der Waals surface area contributed by atoms with Gasteiger partial charge in [0.15, 0.2) is 0 Å². The number of aliphatic carboxylic acids is 1. The molecule has 0 radical (unpaired) electrons. The molecule has 5 nitrogen and oxygen atoms in total. The van der Waals surface area contributed by atoms with Crippen LogP contribution < -0.4 is 9.47 Å². The number of ether oxygens (including phenoxy) is 2. The largest absolute Gasteiger partial charge is 0.497 e. The van der Waals surface area contributed by atoms with Crippen molar-refractivity contribution in [2.75, 3.05) is 33.4 Å². The van der Waals surface area contributed by atoms with E-state index in [9.17, 15) is 9.90 Å². The zero-order chi connectivity index (χ0) is 15.2. The molecule has 116 valence electrons. The third-order valence-electron chi connectivity index (χ3n) is 4.11. The molecule has 1 aromatic carbocycles. The number of carbonyl (C=O) groups is 1. The monoisotopic (exact) mass is 293 g/mol. The zero-order valence-electron chi connectivity index (χ0n) is 12.6. The van der Waals surface area contributed by atoms with Gasteiger partial charge in [0.2, 0.25) is 0 Å². The van der Waals surface area contributed by atoms with Crippen LogP contribution in [0, 0.1) is 11.8 Å². The summed E-state index contributed by atoms with van der Waals surface area (Å²) in [4.78, 5) is 13.8. The minimum atomic E-state index is -0.777. The highest BCUT2D eigenvalue weighted by Gasteiger charge is 2.33. The molecule has 2 atom stereocenters. The fourth-order valence-electron chi connectivity index (χ4n) is 2.76. The average molecular weight is 293 g/mol. The van der Waals surface area contributed by atoms with Crippen LogP contribution in [0.1, 0.15) is 13.3 Å². The van der Waals surface area contributed by atoms with Crippen LogP contribution in [0.3, 0.4) is 0 Å². The fourth-order valence-corrected chi connectivity index (χ4v) is 2.76. The molecular formula is C16H23NO4. The van der Waals surface area contributed by atoms with E-state index < -0.39 is 11.9 Å². The van der Waals surface area contributed by atoms with Crippen molar-refractivity contribution in [2.24, 2.45) is 11.8 Å². The smallest absolute Gasteiger partial charge is 0.310 e. The van der Waals surface area contributed by atoms with E-state index in [0.717, 1.165) is 26.1 Å². The number of hydrogen-bond acceptors (Lipinski definition) is 4. The molecule has 0 spiro atoms. The van der Waals surface area contributed by atoms with Crippen LogP contribution in [0.2, 0.25) is 0 Å². The van der Waals surface area contributed by atoms with E-state index in [2.05, 4.69) is 11.8 Å². The molecule has 1 fully saturated rings. The van der Waals surface area contributed by atoms with Crippen molar-refractivity contribution in [3.63, 3.8) is 0 Å². The van der Waals surface area contributed by atoms with Crippen LogP contribution in [-0.4, -0.2) is 49.3 Å². The van der Waals surface area contributed by atoms with Gasteiger partial charge in [-0.05, 0) is 37.6 Å². The molecule has 2 rings (SSSR count). The molecular weight excluding hydrogens is 270 g/mol. The van der Waals surface area contributed by atoms with Gasteiger partial charge < -0.3 is 19.5 Å². The van der Waals surface area contributed by atoms with Gasteiger partial charge in [-0.15, -0.1) is 0 Å². The Morgan fingerprint density at radius 1 is 1.48 bits per heavy atom. The van der Waals surface area contributed by atoms with Crippen LogP contribution in [0.5, 0.6) is 11.5 Å². The first-order chi connectivity index (χ1) is 10.1. The van der Waals surface area contributed by atoms with Gasteiger partial charge in [0.05, 0.1) is 13.0 Å². The van der Waals surface area contributed by atoms with E-state index in [1.54, 1.807) is 13.2 Å². The number of hydrogen-bond donors (Lipinski definition) is 1. The molecule has 1 aromatic rings. The molecule has 1 saturated heterocycles. The number of nitrogens with zero attached hydrogens (tertiary/aromatic N) is 1. The second-order valence-corrected chi connectivity index (χ2v) is 5.38. The first-order valence-corrected chi connectivity index (χ1v) is 7.36. The van der Waals surface area contributed by atoms with Crippen LogP contribution in [-0.2, 0) is 4.79 Å². The Kier molecular flexibility index (Phi) is 5.44. The summed E-state index contributed by atoms with van der Waals surface area (Å²) in [7, 11) is 1.59. The van der Waals surface area contributed by atoms with Crippen LogP contribution >= 0.6 is 0 Å². The van der Waals surface area contributed by atoms with Crippen LogP contribution in [0.4, 0.5) is 0 Å². The Labute approximate surface area is 125 Å².